The van der Waals surface area contributed by atoms with Crippen LogP contribution in [0.4, 0.5) is 17.1 Å². The van der Waals surface area contributed by atoms with Crippen LogP contribution in [0.25, 0.3) is 0 Å². The number of ether oxygens (including phenoxy) is 2. The third-order valence-corrected chi connectivity index (χ3v) is 4.27. The van der Waals surface area contributed by atoms with E-state index in [0.29, 0.717) is 29.5 Å². The molecule has 0 aliphatic carbocycles. The molecule has 1 aliphatic heterocycles. The second-order valence-electron chi connectivity index (χ2n) is 6.21. The first-order chi connectivity index (χ1) is 12.9. The number of hydrogen-bond acceptors (Lipinski definition) is 6. The van der Waals surface area contributed by atoms with Gasteiger partial charge in [0.05, 0.1) is 17.2 Å². The number of hydrogen-bond donors (Lipinski definition) is 2. The number of nitro benzene ring substituents is 1. The maximum atomic E-state index is 12.7. The summed E-state index contributed by atoms with van der Waals surface area (Å²) in [4.78, 5) is 23.3. The van der Waals surface area contributed by atoms with Crippen molar-refractivity contribution < 1.29 is 19.2 Å². The summed E-state index contributed by atoms with van der Waals surface area (Å²) in [5.41, 5.74) is 1.85. The van der Waals surface area contributed by atoms with Gasteiger partial charge in [-0.1, -0.05) is 0 Å². The fraction of sp³-hybridized carbons (Fsp3) is 0.316. The van der Waals surface area contributed by atoms with Crippen molar-refractivity contribution in [2.75, 3.05) is 24.3 Å². The van der Waals surface area contributed by atoms with Gasteiger partial charge in [-0.2, -0.15) is 0 Å². The zero-order valence-corrected chi connectivity index (χ0v) is 15.4. The van der Waals surface area contributed by atoms with Crippen molar-refractivity contribution in [1.29, 1.82) is 0 Å². The Hall–Kier alpha value is -3.29. The molecule has 2 aromatic rings. The molecule has 0 saturated carbocycles. The molecule has 8 nitrogen and oxygen atoms in total. The lowest BCUT2D eigenvalue weighted by molar-refractivity contribution is -0.384. The second-order valence-corrected chi connectivity index (χ2v) is 6.21. The normalized spacial score (nSPS) is 14.9. The van der Waals surface area contributed by atoms with Crippen LogP contribution in [0.2, 0.25) is 0 Å². The highest BCUT2D eigenvalue weighted by molar-refractivity contribution is 6.06. The highest BCUT2D eigenvalue weighted by Crippen LogP contribution is 2.38. The van der Waals surface area contributed by atoms with E-state index in [9.17, 15) is 14.9 Å². The average molecular weight is 371 g/mol. The highest BCUT2D eigenvalue weighted by atomic mass is 16.6. The summed E-state index contributed by atoms with van der Waals surface area (Å²) in [6, 6.07) is 7.88. The third kappa shape index (κ3) is 3.79. The van der Waals surface area contributed by atoms with Gasteiger partial charge in [-0.25, -0.2) is 0 Å². The van der Waals surface area contributed by atoms with Gasteiger partial charge in [-0.3, -0.25) is 14.9 Å². The summed E-state index contributed by atoms with van der Waals surface area (Å²) in [6.07, 6.45) is 0.846. The molecule has 0 unspecified atom stereocenters. The molecule has 8 heteroatoms. The van der Waals surface area contributed by atoms with Crippen LogP contribution in [0.15, 0.2) is 30.3 Å². The smallest absolute Gasteiger partial charge is 0.293 e. The SMILES string of the molecule is CCOc1cc2c(cc1NC(=O)c1ccc(NC)c([N+](=O)[O-])c1)O[C@H](C)C2. The minimum Gasteiger partial charge on any atom is -0.492 e. The number of amides is 1. The minimum atomic E-state index is -0.529. The third-order valence-electron chi connectivity index (χ3n) is 4.27. The van der Waals surface area contributed by atoms with E-state index in [0.717, 1.165) is 12.0 Å². The number of fused-ring (bicyclic) bond motifs is 1. The first kappa shape index (κ1) is 18.5. The molecule has 2 N–H and O–H groups in total. The number of anilines is 2. The Labute approximate surface area is 156 Å². The Bertz CT molecular complexity index is 897. The molecule has 142 valence electrons. The summed E-state index contributed by atoms with van der Waals surface area (Å²) in [6.45, 7) is 4.28. The summed E-state index contributed by atoms with van der Waals surface area (Å²) in [5, 5.41) is 16.7. The molecule has 0 saturated heterocycles. The lowest BCUT2D eigenvalue weighted by atomic mass is 10.1. The topological polar surface area (TPSA) is 103 Å². The molecule has 0 bridgehead atoms. The van der Waals surface area contributed by atoms with Crippen molar-refractivity contribution in [1.82, 2.24) is 0 Å². The highest BCUT2D eigenvalue weighted by Gasteiger charge is 2.23. The minimum absolute atomic E-state index is 0.0668. The second kappa shape index (κ2) is 7.53. The number of rotatable bonds is 6. The van der Waals surface area contributed by atoms with Gasteiger partial charge in [0.2, 0.25) is 0 Å². The monoisotopic (exact) mass is 371 g/mol. The van der Waals surface area contributed by atoms with Gasteiger partial charge >= 0.3 is 0 Å². The number of benzene rings is 2. The predicted octanol–water partition coefficient (Wildman–Crippen LogP) is 3.61. The van der Waals surface area contributed by atoms with Gasteiger partial charge in [0, 0.05) is 36.7 Å². The van der Waals surface area contributed by atoms with Crippen LogP contribution in [-0.2, 0) is 6.42 Å². The number of nitro groups is 1. The number of carbonyl (C=O) groups is 1. The summed E-state index contributed by atoms with van der Waals surface area (Å²) < 4.78 is 11.4. The number of nitrogens with zero attached hydrogens (tertiary/aromatic N) is 1. The Balaban J connectivity index is 1.91. The van der Waals surface area contributed by atoms with Crippen molar-refractivity contribution in [3.8, 4) is 11.5 Å². The lowest BCUT2D eigenvalue weighted by Crippen LogP contribution is -2.14. The maximum Gasteiger partial charge on any atom is 0.293 e. The number of nitrogens with one attached hydrogen (secondary N) is 2. The molecular formula is C19H21N3O5. The van der Waals surface area contributed by atoms with Crippen LogP contribution in [0.3, 0.4) is 0 Å². The Morgan fingerprint density at radius 3 is 2.78 bits per heavy atom. The molecule has 0 aromatic heterocycles. The standard InChI is InChI=1S/C19H21N3O5/c1-4-26-18-9-13-7-11(2)27-17(13)10-15(18)21-19(23)12-5-6-14(20-3)16(8-12)22(24)25/h5-6,8-11,20H,4,7H2,1-3H3,(H,21,23)/t11-/m1/s1. The average Bonchev–Trinajstić information content (AvgIpc) is 3.00. The Morgan fingerprint density at radius 1 is 1.33 bits per heavy atom. The zero-order chi connectivity index (χ0) is 19.6. The van der Waals surface area contributed by atoms with E-state index < -0.39 is 10.8 Å². The van der Waals surface area contributed by atoms with Gasteiger partial charge in [-0.05, 0) is 32.0 Å². The first-order valence-electron chi connectivity index (χ1n) is 8.66. The van der Waals surface area contributed by atoms with Gasteiger partial charge in [0.15, 0.2) is 0 Å². The van der Waals surface area contributed by atoms with E-state index in [-0.39, 0.29) is 17.4 Å². The quantitative estimate of drug-likeness (QED) is 0.594. The molecule has 0 fully saturated rings. The largest absolute Gasteiger partial charge is 0.492 e. The van der Waals surface area contributed by atoms with Gasteiger partial charge in [0.1, 0.15) is 23.3 Å². The molecular weight excluding hydrogens is 350 g/mol. The Morgan fingerprint density at radius 2 is 2.11 bits per heavy atom. The summed E-state index contributed by atoms with van der Waals surface area (Å²) in [5.74, 6) is 0.786. The molecule has 3 rings (SSSR count). The fourth-order valence-electron chi connectivity index (χ4n) is 3.04. The van der Waals surface area contributed by atoms with E-state index in [1.165, 1.54) is 18.2 Å². The molecule has 1 atom stereocenters. The van der Waals surface area contributed by atoms with Crippen LogP contribution in [0, 0.1) is 10.1 Å². The van der Waals surface area contributed by atoms with Crippen molar-refractivity contribution >= 4 is 23.0 Å². The zero-order valence-electron chi connectivity index (χ0n) is 15.4. The van der Waals surface area contributed by atoms with E-state index in [1.807, 2.05) is 19.9 Å². The van der Waals surface area contributed by atoms with E-state index in [4.69, 9.17) is 9.47 Å². The van der Waals surface area contributed by atoms with Crippen LogP contribution < -0.4 is 20.1 Å². The van der Waals surface area contributed by atoms with Crippen molar-refractivity contribution in [2.24, 2.45) is 0 Å². The van der Waals surface area contributed by atoms with Crippen molar-refractivity contribution in [2.45, 2.75) is 26.4 Å². The lowest BCUT2D eigenvalue weighted by Gasteiger charge is -2.14. The first-order valence-corrected chi connectivity index (χ1v) is 8.66. The van der Waals surface area contributed by atoms with Crippen LogP contribution in [0.1, 0.15) is 29.8 Å². The van der Waals surface area contributed by atoms with Crippen LogP contribution >= 0.6 is 0 Å². The molecule has 1 aliphatic rings. The van der Waals surface area contributed by atoms with Gasteiger partial charge < -0.3 is 20.1 Å². The van der Waals surface area contributed by atoms with E-state index in [2.05, 4.69) is 10.6 Å². The molecule has 0 spiro atoms. The maximum absolute atomic E-state index is 12.7. The van der Waals surface area contributed by atoms with Crippen LogP contribution in [-0.4, -0.2) is 30.6 Å². The molecule has 1 heterocycles. The van der Waals surface area contributed by atoms with E-state index in [1.54, 1.807) is 13.1 Å². The van der Waals surface area contributed by atoms with Crippen molar-refractivity contribution in [3.63, 3.8) is 0 Å². The predicted molar refractivity (Wildman–Crippen MR) is 102 cm³/mol. The van der Waals surface area contributed by atoms with Gasteiger partial charge in [-0.15, -0.1) is 0 Å². The molecule has 27 heavy (non-hydrogen) atoms. The molecule has 1 amide bonds. The molecule has 2 aromatic carbocycles. The van der Waals surface area contributed by atoms with Crippen LogP contribution in [0.5, 0.6) is 11.5 Å². The van der Waals surface area contributed by atoms with E-state index >= 15 is 0 Å². The molecule has 0 radical (unpaired) electrons. The van der Waals surface area contributed by atoms with Gasteiger partial charge in [0.25, 0.3) is 11.6 Å². The summed E-state index contributed by atoms with van der Waals surface area (Å²) >= 11 is 0. The Kier molecular flexibility index (Phi) is 5.16. The summed E-state index contributed by atoms with van der Waals surface area (Å²) in [7, 11) is 1.59. The number of carbonyl (C=O) groups excluding carboxylic acids is 1. The fourth-order valence-corrected chi connectivity index (χ4v) is 3.04. The van der Waals surface area contributed by atoms with Crippen molar-refractivity contribution in [3.05, 3.63) is 51.6 Å².